The second-order valence-corrected chi connectivity index (χ2v) is 5.50. The second-order valence-electron chi connectivity index (χ2n) is 4.70. The van der Waals surface area contributed by atoms with Gasteiger partial charge in [0.05, 0.1) is 7.11 Å². The molecule has 18 heavy (non-hydrogen) atoms. The maximum atomic E-state index is 5.44. The number of hydrogen-bond donors (Lipinski definition) is 0. The molecule has 0 radical (unpaired) electrons. The summed E-state index contributed by atoms with van der Waals surface area (Å²) in [5.74, 6) is 1.87. The molecule has 0 saturated heterocycles. The van der Waals surface area contributed by atoms with Crippen molar-refractivity contribution in [2.45, 2.75) is 38.1 Å². The normalized spacial score (nSPS) is 16.6. The van der Waals surface area contributed by atoms with Crippen LogP contribution in [0.15, 0.2) is 18.3 Å². The Bertz CT molecular complexity index is 367. The van der Waals surface area contributed by atoms with E-state index >= 15 is 0 Å². The largest absolute Gasteiger partial charge is 0.493 e. The third-order valence-corrected chi connectivity index (χ3v) is 3.94. The van der Waals surface area contributed by atoms with Crippen molar-refractivity contribution in [2.75, 3.05) is 23.9 Å². The molecule has 0 amide bonds. The first-order valence-electron chi connectivity index (χ1n) is 6.68. The maximum Gasteiger partial charge on any atom is 0.171 e. The van der Waals surface area contributed by atoms with Gasteiger partial charge < -0.3 is 9.64 Å². The monoisotopic (exact) mass is 312 g/mol. The number of pyridine rings is 1. The van der Waals surface area contributed by atoms with Crippen LogP contribution in [0.25, 0.3) is 0 Å². The highest BCUT2D eigenvalue weighted by atomic mass is 79.9. The van der Waals surface area contributed by atoms with Gasteiger partial charge in [0.1, 0.15) is 0 Å². The molecule has 1 heterocycles. The number of halogens is 1. The summed E-state index contributed by atoms with van der Waals surface area (Å²) in [4.78, 5) is 6.93. The summed E-state index contributed by atoms with van der Waals surface area (Å²) in [6.07, 6.45) is 8.43. The summed E-state index contributed by atoms with van der Waals surface area (Å²) in [6, 6.07) is 4.53. The Labute approximate surface area is 118 Å². The number of methoxy groups -OCH3 is 1. The van der Waals surface area contributed by atoms with Gasteiger partial charge >= 0.3 is 0 Å². The molecule has 1 aromatic rings. The Hall–Kier alpha value is -0.770. The van der Waals surface area contributed by atoms with E-state index in [1.807, 2.05) is 18.3 Å². The van der Waals surface area contributed by atoms with Gasteiger partial charge in [-0.1, -0.05) is 35.2 Å². The number of hydrogen-bond acceptors (Lipinski definition) is 3. The standard InChI is InChI=1S/C14H21BrN2O/c1-18-13-8-5-10-16-14(13)17(11-9-15)12-6-3-2-4-7-12/h5,8,10,12H,2-4,6-7,9,11H2,1H3. The van der Waals surface area contributed by atoms with E-state index in [2.05, 4.69) is 25.8 Å². The fourth-order valence-corrected chi connectivity index (χ4v) is 3.08. The van der Waals surface area contributed by atoms with Gasteiger partial charge in [-0.2, -0.15) is 0 Å². The van der Waals surface area contributed by atoms with Crippen LogP contribution in [0.5, 0.6) is 5.75 Å². The maximum absolute atomic E-state index is 5.44. The van der Waals surface area contributed by atoms with E-state index in [0.717, 1.165) is 23.4 Å². The molecule has 2 rings (SSSR count). The molecule has 0 N–H and O–H groups in total. The molecular formula is C14H21BrN2O. The van der Waals surface area contributed by atoms with Gasteiger partial charge in [0, 0.05) is 24.1 Å². The highest BCUT2D eigenvalue weighted by molar-refractivity contribution is 9.09. The van der Waals surface area contributed by atoms with Gasteiger partial charge in [0.25, 0.3) is 0 Å². The third kappa shape index (κ3) is 3.16. The zero-order valence-corrected chi connectivity index (χ0v) is 12.5. The van der Waals surface area contributed by atoms with Gasteiger partial charge in [-0.3, -0.25) is 0 Å². The smallest absolute Gasteiger partial charge is 0.171 e. The molecule has 0 unspecified atom stereocenters. The van der Waals surface area contributed by atoms with E-state index in [-0.39, 0.29) is 0 Å². The Morgan fingerprint density at radius 1 is 1.39 bits per heavy atom. The highest BCUT2D eigenvalue weighted by Gasteiger charge is 2.23. The molecule has 100 valence electrons. The SMILES string of the molecule is COc1cccnc1N(CCBr)C1CCCCC1. The predicted molar refractivity (Wildman–Crippen MR) is 78.8 cm³/mol. The van der Waals surface area contributed by atoms with Crippen LogP contribution in [0, 0.1) is 0 Å². The van der Waals surface area contributed by atoms with Gasteiger partial charge in [-0.15, -0.1) is 0 Å². The average Bonchev–Trinajstić information content (AvgIpc) is 2.46. The Morgan fingerprint density at radius 2 is 2.17 bits per heavy atom. The van der Waals surface area contributed by atoms with Crippen molar-refractivity contribution in [3.8, 4) is 5.75 Å². The molecule has 0 aromatic carbocycles. The highest BCUT2D eigenvalue weighted by Crippen LogP contribution is 2.31. The number of ether oxygens (including phenoxy) is 1. The predicted octanol–water partition coefficient (Wildman–Crippen LogP) is 3.62. The lowest BCUT2D eigenvalue weighted by Gasteiger charge is -2.35. The number of anilines is 1. The molecule has 1 aromatic heterocycles. The average molecular weight is 313 g/mol. The van der Waals surface area contributed by atoms with E-state index in [1.165, 1.54) is 32.1 Å². The molecule has 1 fully saturated rings. The first kappa shape index (κ1) is 13.7. The Kier molecular flexibility index (Phi) is 5.29. The topological polar surface area (TPSA) is 25.4 Å². The molecule has 1 saturated carbocycles. The minimum Gasteiger partial charge on any atom is -0.493 e. The van der Waals surface area contributed by atoms with Crippen LogP contribution in [0.2, 0.25) is 0 Å². The summed E-state index contributed by atoms with van der Waals surface area (Å²) in [6.45, 7) is 0.984. The first-order valence-corrected chi connectivity index (χ1v) is 7.80. The second kappa shape index (κ2) is 6.98. The van der Waals surface area contributed by atoms with Crippen LogP contribution in [-0.4, -0.2) is 30.0 Å². The molecule has 0 atom stereocenters. The van der Waals surface area contributed by atoms with E-state index in [1.54, 1.807) is 7.11 Å². The van der Waals surface area contributed by atoms with Crippen LogP contribution in [0.1, 0.15) is 32.1 Å². The lowest BCUT2D eigenvalue weighted by atomic mass is 9.94. The number of rotatable bonds is 5. The van der Waals surface area contributed by atoms with E-state index < -0.39 is 0 Å². The third-order valence-electron chi connectivity index (χ3n) is 3.58. The van der Waals surface area contributed by atoms with Gasteiger partial charge in [-0.25, -0.2) is 4.98 Å². The van der Waals surface area contributed by atoms with Crippen LogP contribution in [0.3, 0.4) is 0 Å². The summed E-state index contributed by atoms with van der Waals surface area (Å²) in [7, 11) is 1.72. The van der Waals surface area contributed by atoms with Crippen LogP contribution < -0.4 is 9.64 Å². The Balaban J connectivity index is 2.22. The zero-order chi connectivity index (χ0) is 12.8. The van der Waals surface area contributed by atoms with Crippen molar-refractivity contribution in [3.63, 3.8) is 0 Å². The number of aromatic nitrogens is 1. The van der Waals surface area contributed by atoms with Crippen LogP contribution >= 0.6 is 15.9 Å². The number of alkyl halides is 1. The van der Waals surface area contributed by atoms with E-state index in [4.69, 9.17) is 4.74 Å². The van der Waals surface area contributed by atoms with Gasteiger partial charge in [0.2, 0.25) is 0 Å². The minimum atomic E-state index is 0.611. The molecule has 0 bridgehead atoms. The fourth-order valence-electron chi connectivity index (χ4n) is 2.70. The number of nitrogens with zero attached hydrogens (tertiary/aromatic N) is 2. The van der Waals surface area contributed by atoms with Crippen molar-refractivity contribution in [1.82, 2.24) is 4.98 Å². The van der Waals surface area contributed by atoms with E-state index in [9.17, 15) is 0 Å². The van der Waals surface area contributed by atoms with Gasteiger partial charge in [0.15, 0.2) is 11.6 Å². The molecule has 0 spiro atoms. The van der Waals surface area contributed by atoms with Gasteiger partial charge in [-0.05, 0) is 25.0 Å². The summed E-state index contributed by atoms with van der Waals surface area (Å²) >= 11 is 3.55. The summed E-state index contributed by atoms with van der Waals surface area (Å²) in [5, 5.41) is 0.962. The minimum absolute atomic E-state index is 0.611. The molecule has 3 nitrogen and oxygen atoms in total. The molecule has 1 aliphatic carbocycles. The quantitative estimate of drug-likeness (QED) is 0.776. The van der Waals surface area contributed by atoms with E-state index in [0.29, 0.717) is 6.04 Å². The Morgan fingerprint density at radius 3 is 2.83 bits per heavy atom. The van der Waals surface area contributed by atoms with Crippen molar-refractivity contribution in [2.24, 2.45) is 0 Å². The molecular weight excluding hydrogens is 292 g/mol. The van der Waals surface area contributed by atoms with Crippen LogP contribution in [-0.2, 0) is 0 Å². The summed E-state index contributed by atoms with van der Waals surface area (Å²) < 4.78 is 5.44. The lowest BCUT2D eigenvalue weighted by Crippen LogP contribution is -2.39. The first-order chi connectivity index (χ1) is 8.86. The lowest BCUT2D eigenvalue weighted by molar-refractivity contribution is 0.394. The zero-order valence-electron chi connectivity index (χ0n) is 10.9. The molecule has 0 aliphatic heterocycles. The fraction of sp³-hybridized carbons (Fsp3) is 0.643. The van der Waals surface area contributed by atoms with Crippen molar-refractivity contribution >= 4 is 21.7 Å². The van der Waals surface area contributed by atoms with Crippen LogP contribution in [0.4, 0.5) is 5.82 Å². The van der Waals surface area contributed by atoms with Crippen molar-refractivity contribution in [3.05, 3.63) is 18.3 Å². The molecule has 4 heteroatoms. The van der Waals surface area contributed by atoms with Crippen molar-refractivity contribution in [1.29, 1.82) is 0 Å². The summed E-state index contributed by atoms with van der Waals surface area (Å²) in [5.41, 5.74) is 0. The van der Waals surface area contributed by atoms with Crippen molar-refractivity contribution < 1.29 is 4.74 Å². The molecule has 1 aliphatic rings.